The van der Waals surface area contributed by atoms with E-state index in [-0.39, 0.29) is 31.7 Å². The highest BCUT2D eigenvalue weighted by Gasteiger charge is 2.51. The molecule has 0 unspecified atom stereocenters. The minimum atomic E-state index is -1.51. The van der Waals surface area contributed by atoms with Crippen LogP contribution in [0, 0.1) is 0 Å². The summed E-state index contributed by atoms with van der Waals surface area (Å²) >= 11 is 0. The van der Waals surface area contributed by atoms with Gasteiger partial charge in [0.15, 0.2) is 12.4 Å². The summed E-state index contributed by atoms with van der Waals surface area (Å²) in [7, 11) is 0. The third kappa shape index (κ3) is 14.0. The Morgan fingerprint density at radius 2 is 1.25 bits per heavy atom. The first-order chi connectivity index (χ1) is 19.4. The Morgan fingerprint density at radius 3 is 1.80 bits per heavy atom. The van der Waals surface area contributed by atoms with Gasteiger partial charge in [-0.2, -0.15) is 0 Å². The number of esters is 2. The standard InChI is InChI=1S/C30H54O10/c1-3-5-7-9-11-13-15-17-24(31)37-19-22(39-25(32)18-16-14-12-10-8-6-4-2)20-38-30-28(35)26(33)27(34)29(40-30)23-21-36-23/h22-23,26-30,33-35H,3-21H2,1-2H3/t22-,23+,26+,27-,28-,29-,30-/m1/s1. The quantitative estimate of drug-likeness (QED) is 0.0932. The summed E-state index contributed by atoms with van der Waals surface area (Å²) in [5.74, 6) is -0.768. The van der Waals surface area contributed by atoms with Crippen LogP contribution in [0.2, 0.25) is 0 Å². The first-order valence-corrected chi connectivity index (χ1v) is 15.6. The van der Waals surface area contributed by atoms with Crippen molar-refractivity contribution in [3.8, 4) is 0 Å². The lowest BCUT2D eigenvalue weighted by Gasteiger charge is -2.40. The Labute approximate surface area is 240 Å². The minimum absolute atomic E-state index is 0.179. The summed E-state index contributed by atoms with van der Waals surface area (Å²) in [6, 6.07) is 0. The van der Waals surface area contributed by atoms with Crippen molar-refractivity contribution in [2.75, 3.05) is 19.8 Å². The Hall–Kier alpha value is -1.30. The molecule has 0 bridgehead atoms. The molecule has 10 heteroatoms. The van der Waals surface area contributed by atoms with Crippen molar-refractivity contribution in [2.45, 2.75) is 159 Å². The Morgan fingerprint density at radius 1 is 0.725 bits per heavy atom. The Balaban J connectivity index is 1.79. The zero-order chi connectivity index (χ0) is 29.2. The summed E-state index contributed by atoms with van der Waals surface area (Å²) in [5.41, 5.74) is 0. The third-order valence-corrected chi connectivity index (χ3v) is 7.48. The van der Waals surface area contributed by atoms with Crippen molar-refractivity contribution in [1.82, 2.24) is 0 Å². The van der Waals surface area contributed by atoms with E-state index in [4.69, 9.17) is 23.7 Å². The smallest absolute Gasteiger partial charge is 0.306 e. The zero-order valence-corrected chi connectivity index (χ0v) is 24.7. The summed E-state index contributed by atoms with van der Waals surface area (Å²) in [4.78, 5) is 24.8. The number of hydrogen-bond acceptors (Lipinski definition) is 10. The average molecular weight is 575 g/mol. The minimum Gasteiger partial charge on any atom is -0.462 e. The molecule has 2 fully saturated rings. The van der Waals surface area contributed by atoms with E-state index in [0.29, 0.717) is 19.4 Å². The lowest BCUT2D eigenvalue weighted by atomic mass is 9.97. The average Bonchev–Trinajstić information content (AvgIpc) is 3.78. The van der Waals surface area contributed by atoms with E-state index in [9.17, 15) is 24.9 Å². The van der Waals surface area contributed by atoms with Crippen LogP contribution in [0.15, 0.2) is 0 Å². The highest BCUT2D eigenvalue weighted by atomic mass is 16.7. The van der Waals surface area contributed by atoms with Gasteiger partial charge < -0.3 is 39.0 Å². The van der Waals surface area contributed by atoms with E-state index in [0.717, 1.165) is 38.5 Å². The molecule has 2 aliphatic rings. The second-order valence-corrected chi connectivity index (χ2v) is 11.2. The SMILES string of the molecule is CCCCCCCCCC(=O)OC[C@H](CO[C@@H]1O[C@H]([C@@H]2CO2)[C@H](O)[C@H](O)[C@H]1O)OC(=O)CCCCCCCCC. The van der Waals surface area contributed by atoms with Crippen molar-refractivity contribution in [3.63, 3.8) is 0 Å². The number of hydrogen-bond donors (Lipinski definition) is 3. The molecule has 0 aliphatic carbocycles. The fourth-order valence-electron chi connectivity index (χ4n) is 4.84. The third-order valence-electron chi connectivity index (χ3n) is 7.48. The molecular formula is C30H54O10. The van der Waals surface area contributed by atoms with Crippen LogP contribution in [0.1, 0.15) is 117 Å². The van der Waals surface area contributed by atoms with Crippen molar-refractivity contribution < 1.29 is 48.6 Å². The molecule has 0 amide bonds. The summed E-state index contributed by atoms with van der Waals surface area (Å²) in [6.07, 6.45) is 8.02. The largest absolute Gasteiger partial charge is 0.462 e. The second-order valence-electron chi connectivity index (χ2n) is 11.2. The molecule has 0 aromatic heterocycles. The van der Waals surface area contributed by atoms with Crippen LogP contribution in [0.5, 0.6) is 0 Å². The van der Waals surface area contributed by atoms with E-state index < -0.39 is 42.8 Å². The fourth-order valence-corrected chi connectivity index (χ4v) is 4.84. The lowest BCUT2D eigenvalue weighted by molar-refractivity contribution is -0.303. The molecule has 0 saturated carbocycles. The maximum absolute atomic E-state index is 12.5. The van der Waals surface area contributed by atoms with Gasteiger partial charge in [-0.1, -0.05) is 90.9 Å². The van der Waals surface area contributed by atoms with Crippen molar-refractivity contribution in [2.24, 2.45) is 0 Å². The number of carbonyl (C=O) groups is 2. The molecule has 2 heterocycles. The number of rotatable bonds is 23. The lowest BCUT2D eigenvalue weighted by Crippen LogP contribution is -2.60. The summed E-state index contributed by atoms with van der Waals surface area (Å²) in [5, 5.41) is 30.8. The number of unbranched alkanes of at least 4 members (excludes halogenated alkanes) is 12. The highest BCUT2D eigenvalue weighted by Crippen LogP contribution is 2.30. The summed E-state index contributed by atoms with van der Waals surface area (Å²) in [6.45, 7) is 4.34. The molecular weight excluding hydrogens is 520 g/mol. The van der Waals surface area contributed by atoms with Gasteiger partial charge in [0.2, 0.25) is 0 Å². The molecule has 2 rings (SSSR count). The first-order valence-electron chi connectivity index (χ1n) is 15.6. The maximum atomic E-state index is 12.5. The van der Waals surface area contributed by atoms with E-state index in [1.807, 2.05) is 0 Å². The van der Waals surface area contributed by atoms with E-state index in [1.54, 1.807) is 0 Å². The van der Waals surface area contributed by atoms with Crippen LogP contribution in [-0.2, 0) is 33.3 Å². The van der Waals surface area contributed by atoms with Gasteiger partial charge in [0.25, 0.3) is 0 Å². The topological polar surface area (TPSA) is 144 Å². The Kier molecular flexibility index (Phi) is 17.9. The molecule has 234 valence electrons. The molecule has 0 aromatic rings. The molecule has 0 radical (unpaired) electrons. The van der Waals surface area contributed by atoms with Gasteiger partial charge in [-0.05, 0) is 12.8 Å². The predicted octanol–water partition coefficient (Wildman–Crippen LogP) is 3.95. The van der Waals surface area contributed by atoms with Crippen molar-refractivity contribution >= 4 is 11.9 Å². The highest BCUT2D eigenvalue weighted by molar-refractivity contribution is 5.70. The molecule has 10 nitrogen and oxygen atoms in total. The van der Waals surface area contributed by atoms with Crippen molar-refractivity contribution in [1.29, 1.82) is 0 Å². The van der Waals surface area contributed by atoms with Gasteiger partial charge in [-0.15, -0.1) is 0 Å². The Bertz CT molecular complexity index is 685. The van der Waals surface area contributed by atoms with E-state index in [1.165, 1.54) is 44.9 Å². The molecule has 40 heavy (non-hydrogen) atoms. The zero-order valence-electron chi connectivity index (χ0n) is 24.7. The van der Waals surface area contributed by atoms with Gasteiger partial charge in [-0.25, -0.2) is 0 Å². The van der Waals surface area contributed by atoms with Crippen LogP contribution >= 0.6 is 0 Å². The maximum Gasteiger partial charge on any atom is 0.306 e. The molecule has 2 saturated heterocycles. The van der Waals surface area contributed by atoms with Crippen molar-refractivity contribution in [3.05, 3.63) is 0 Å². The van der Waals surface area contributed by atoms with Crippen LogP contribution < -0.4 is 0 Å². The number of ether oxygens (including phenoxy) is 5. The van der Waals surface area contributed by atoms with Crippen LogP contribution in [-0.4, -0.2) is 90.0 Å². The van der Waals surface area contributed by atoms with Gasteiger partial charge in [0.1, 0.15) is 37.1 Å². The van der Waals surface area contributed by atoms with Gasteiger partial charge in [-0.3, -0.25) is 9.59 Å². The van der Waals surface area contributed by atoms with Gasteiger partial charge in [0.05, 0.1) is 13.2 Å². The number of aliphatic hydroxyl groups is 3. The summed E-state index contributed by atoms with van der Waals surface area (Å²) < 4.78 is 27.5. The predicted molar refractivity (Wildman–Crippen MR) is 148 cm³/mol. The normalized spacial score (nSPS) is 26.8. The fraction of sp³-hybridized carbons (Fsp3) is 0.933. The van der Waals surface area contributed by atoms with E-state index in [2.05, 4.69) is 13.8 Å². The monoisotopic (exact) mass is 574 g/mol. The molecule has 2 aliphatic heterocycles. The van der Waals surface area contributed by atoms with Gasteiger partial charge in [0, 0.05) is 12.8 Å². The van der Waals surface area contributed by atoms with E-state index >= 15 is 0 Å². The molecule has 0 spiro atoms. The number of aliphatic hydroxyl groups excluding tert-OH is 3. The molecule has 7 atom stereocenters. The molecule has 0 aromatic carbocycles. The van der Waals surface area contributed by atoms with Crippen LogP contribution in [0.25, 0.3) is 0 Å². The molecule has 3 N–H and O–H groups in total. The number of epoxide rings is 1. The number of carbonyl (C=O) groups excluding carboxylic acids is 2. The first kappa shape index (κ1) is 34.9. The van der Waals surface area contributed by atoms with Crippen LogP contribution in [0.4, 0.5) is 0 Å². The van der Waals surface area contributed by atoms with Crippen LogP contribution in [0.3, 0.4) is 0 Å². The van der Waals surface area contributed by atoms with Gasteiger partial charge >= 0.3 is 11.9 Å². The second kappa shape index (κ2) is 20.6.